The Morgan fingerprint density at radius 2 is 2.09 bits per heavy atom. The Balaban J connectivity index is 1.78. The Bertz CT molecular complexity index is 887. The highest BCUT2D eigenvalue weighted by molar-refractivity contribution is 7.14. The fourth-order valence-electron chi connectivity index (χ4n) is 1.96. The van der Waals surface area contributed by atoms with Gasteiger partial charge in [0.2, 0.25) is 0 Å². The van der Waals surface area contributed by atoms with Gasteiger partial charge in [-0.25, -0.2) is 4.98 Å². The molecule has 2 amide bonds. The van der Waals surface area contributed by atoms with Gasteiger partial charge >= 0.3 is 0 Å². The zero-order valence-corrected chi connectivity index (χ0v) is 13.2. The van der Waals surface area contributed by atoms with Gasteiger partial charge in [-0.05, 0) is 18.2 Å². The number of amides is 2. The lowest BCUT2D eigenvalue weighted by molar-refractivity contribution is 0.0994. The third-order valence-electron chi connectivity index (χ3n) is 3.09. The van der Waals surface area contributed by atoms with Crippen molar-refractivity contribution in [3.05, 3.63) is 58.2 Å². The second kappa shape index (κ2) is 6.23. The molecule has 23 heavy (non-hydrogen) atoms. The normalized spacial score (nSPS) is 10.5. The van der Waals surface area contributed by atoms with Gasteiger partial charge in [-0.15, -0.1) is 11.3 Å². The summed E-state index contributed by atoms with van der Waals surface area (Å²) in [6.45, 7) is 0. The van der Waals surface area contributed by atoms with Gasteiger partial charge in [-0.2, -0.15) is 0 Å². The minimum Gasteiger partial charge on any atom is -0.364 e. The number of carbonyl (C=O) groups excluding carboxylic acids is 2. The Labute approximate surface area is 140 Å². The van der Waals surface area contributed by atoms with Crippen molar-refractivity contribution in [1.82, 2.24) is 9.97 Å². The summed E-state index contributed by atoms with van der Waals surface area (Å²) < 4.78 is 0. The molecule has 0 saturated heterocycles. The van der Waals surface area contributed by atoms with E-state index in [-0.39, 0.29) is 5.91 Å². The molecule has 3 rings (SSSR count). The van der Waals surface area contributed by atoms with E-state index in [0.29, 0.717) is 32.7 Å². The largest absolute Gasteiger partial charge is 0.364 e. The molecule has 116 valence electrons. The van der Waals surface area contributed by atoms with Gasteiger partial charge in [0.25, 0.3) is 11.8 Å². The molecule has 0 bridgehead atoms. The Hall–Kier alpha value is -2.64. The number of nitrogens with one attached hydrogen (secondary N) is 2. The van der Waals surface area contributed by atoms with Crippen molar-refractivity contribution in [3.63, 3.8) is 0 Å². The zero-order chi connectivity index (χ0) is 16.4. The van der Waals surface area contributed by atoms with Crippen molar-refractivity contribution in [2.75, 3.05) is 5.32 Å². The molecule has 0 aliphatic carbocycles. The summed E-state index contributed by atoms with van der Waals surface area (Å²) in [5.74, 6) is -0.873. The maximum absolute atomic E-state index is 12.2. The van der Waals surface area contributed by atoms with E-state index in [4.69, 9.17) is 17.3 Å². The van der Waals surface area contributed by atoms with E-state index in [1.807, 2.05) is 0 Å². The molecule has 3 aromatic rings. The maximum Gasteiger partial charge on any atom is 0.265 e. The standard InChI is InChI=1S/C15H11ClN4O2S/c16-10-4-2-1-3-9(10)14(22)20-15-19-12(7-23-15)8-5-11(13(17)21)18-6-8/h1-7,18H,(H2,17,21)(H,19,20,22). The molecule has 8 heteroatoms. The molecule has 0 saturated carbocycles. The smallest absolute Gasteiger partial charge is 0.265 e. The lowest BCUT2D eigenvalue weighted by atomic mass is 10.2. The van der Waals surface area contributed by atoms with Crippen LogP contribution >= 0.6 is 22.9 Å². The van der Waals surface area contributed by atoms with E-state index in [2.05, 4.69) is 15.3 Å². The van der Waals surface area contributed by atoms with E-state index in [1.54, 1.807) is 41.9 Å². The zero-order valence-electron chi connectivity index (χ0n) is 11.7. The number of hydrogen-bond donors (Lipinski definition) is 3. The number of H-pyrrole nitrogens is 1. The monoisotopic (exact) mass is 346 g/mol. The summed E-state index contributed by atoms with van der Waals surface area (Å²) in [5.41, 5.74) is 7.22. The number of benzene rings is 1. The summed E-state index contributed by atoms with van der Waals surface area (Å²) in [6.07, 6.45) is 1.63. The number of anilines is 1. The summed E-state index contributed by atoms with van der Waals surface area (Å²) in [4.78, 5) is 30.4. The van der Waals surface area contributed by atoms with Gasteiger partial charge in [0, 0.05) is 17.1 Å². The summed E-state index contributed by atoms with van der Waals surface area (Å²) >= 11 is 7.27. The molecular formula is C15H11ClN4O2S. The second-order valence-corrected chi connectivity index (χ2v) is 5.90. The topological polar surface area (TPSA) is 101 Å². The number of thiazole rings is 1. The third-order valence-corrected chi connectivity index (χ3v) is 4.17. The minimum absolute atomic E-state index is 0.301. The molecule has 0 unspecified atom stereocenters. The van der Waals surface area contributed by atoms with Crippen molar-refractivity contribution in [3.8, 4) is 11.3 Å². The van der Waals surface area contributed by atoms with Gasteiger partial charge in [-0.1, -0.05) is 23.7 Å². The number of hydrogen-bond acceptors (Lipinski definition) is 4. The molecule has 0 atom stereocenters. The lowest BCUT2D eigenvalue weighted by Crippen LogP contribution is -2.12. The van der Waals surface area contributed by atoms with Crippen LogP contribution in [0, 0.1) is 0 Å². The second-order valence-electron chi connectivity index (χ2n) is 4.64. The van der Waals surface area contributed by atoms with Crippen molar-refractivity contribution < 1.29 is 9.59 Å². The SMILES string of the molecule is NC(=O)c1cc(-c2csc(NC(=O)c3ccccc3Cl)n2)c[nH]1. The Morgan fingerprint density at radius 3 is 2.78 bits per heavy atom. The summed E-state index contributed by atoms with van der Waals surface area (Å²) in [5, 5.41) is 5.29. The number of halogens is 1. The van der Waals surface area contributed by atoms with Crippen molar-refractivity contribution >= 4 is 39.9 Å². The highest BCUT2D eigenvalue weighted by atomic mass is 35.5. The number of rotatable bonds is 4. The molecule has 4 N–H and O–H groups in total. The van der Waals surface area contributed by atoms with E-state index in [0.717, 1.165) is 0 Å². The molecule has 0 radical (unpaired) electrons. The summed E-state index contributed by atoms with van der Waals surface area (Å²) in [7, 11) is 0. The molecule has 6 nitrogen and oxygen atoms in total. The van der Waals surface area contributed by atoms with E-state index >= 15 is 0 Å². The van der Waals surface area contributed by atoms with Crippen molar-refractivity contribution in [1.29, 1.82) is 0 Å². The Morgan fingerprint density at radius 1 is 1.30 bits per heavy atom. The molecule has 0 fully saturated rings. The van der Waals surface area contributed by atoms with Crippen LogP contribution < -0.4 is 11.1 Å². The van der Waals surface area contributed by atoms with Crippen molar-refractivity contribution in [2.45, 2.75) is 0 Å². The number of primary amides is 1. The van der Waals surface area contributed by atoms with Gasteiger partial charge < -0.3 is 10.7 Å². The minimum atomic E-state index is -0.543. The maximum atomic E-state index is 12.2. The highest BCUT2D eigenvalue weighted by Gasteiger charge is 2.13. The van der Waals surface area contributed by atoms with Crippen LogP contribution in [-0.4, -0.2) is 21.8 Å². The van der Waals surface area contributed by atoms with Crippen LogP contribution in [0.25, 0.3) is 11.3 Å². The van der Waals surface area contributed by atoms with Crippen LogP contribution in [0.15, 0.2) is 41.9 Å². The van der Waals surface area contributed by atoms with E-state index in [9.17, 15) is 9.59 Å². The third kappa shape index (κ3) is 3.25. The van der Waals surface area contributed by atoms with Gasteiger partial charge in [0.1, 0.15) is 5.69 Å². The van der Waals surface area contributed by atoms with E-state index in [1.165, 1.54) is 11.3 Å². The first-order chi connectivity index (χ1) is 11.0. The van der Waals surface area contributed by atoms with Gasteiger partial charge in [0.15, 0.2) is 5.13 Å². The molecule has 2 heterocycles. The number of aromatic nitrogens is 2. The fourth-order valence-corrected chi connectivity index (χ4v) is 2.89. The molecular weight excluding hydrogens is 336 g/mol. The molecule has 2 aromatic heterocycles. The predicted octanol–water partition coefficient (Wildman–Crippen LogP) is 3.14. The molecule has 1 aromatic carbocycles. The first kappa shape index (κ1) is 15.3. The van der Waals surface area contributed by atoms with Crippen LogP contribution in [0.5, 0.6) is 0 Å². The van der Waals surface area contributed by atoms with Gasteiger partial charge in [-0.3, -0.25) is 14.9 Å². The highest BCUT2D eigenvalue weighted by Crippen LogP contribution is 2.26. The number of nitrogens with two attached hydrogens (primary N) is 1. The van der Waals surface area contributed by atoms with Crippen molar-refractivity contribution in [2.24, 2.45) is 5.73 Å². The van der Waals surface area contributed by atoms with Gasteiger partial charge in [0.05, 0.1) is 16.3 Å². The predicted molar refractivity (Wildman–Crippen MR) is 89.8 cm³/mol. The quantitative estimate of drug-likeness (QED) is 0.676. The fraction of sp³-hybridized carbons (Fsp3) is 0. The first-order valence-electron chi connectivity index (χ1n) is 6.54. The van der Waals surface area contributed by atoms with Crippen LogP contribution in [-0.2, 0) is 0 Å². The Kier molecular flexibility index (Phi) is 4.14. The van der Waals surface area contributed by atoms with Crippen LogP contribution in [0.1, 0.15) is 20.8 Å². The molecule has 0 spiro atoms. The average molecular weight is 347 g/mol. The molecule has 0 aliphatic rings. The number of carbonyl (C=O) groups is 2. The summed E-state index contributed by atoms with van der Waals surface area (Å²) in [6, 6.07) is 8.38. The average Bonchev–Trinajstić information content (AvgIpc) is 3.16. The number of aromatic amines is 1. The first-order valence-corrected chi connectivity index (χ1v) is 7.80. The van der Waals surface area contributed by atoms with Crippen LogP contribution in [0.4, 0.5) is 5.13 Å². The van der Waals surface area contributed by atoms with Crippen LogP contribution in [0.3, 0.4) is 0 Å². The van der Waals surface area contributed by atoms with E-state index < -0.39 is 5.91 Å². The lowest BCUT2D eigenvalue weighted by Gasteiger charge is -2.03. The molecule has 0 aliphatic heterocycles. The van der Waals surface area contributed by atoms with Crippen LogP contribution in [0.2, 0.25) is 5.02 Å². The number of nitrogens with zero attached hydrogens (tertiary/aromatic N) is 1.